The number of ketones is 1. The summed E-state index contributed by atoms with van der Waals surface area (Å²) in [6.45, 7) is 3.04. The second-order valence-corrected chi connectivity index (χ2v) is 6.18. The van der Waals surface area contributed by atoms with Crippen molar-refractivity contribution in [1.29, 1.82) is 0 Å². The number of rotatable bonds is 4. The molecule has 1 heterocycles. The molecular weight excluding hydrogens is 293 g/mol. The summed E-state index contributed by atoms with van der Waals surface area (Å²) >= 11 is 1.21. The van der Waals surface area contributed by atoms with Gasteiger partial charge < -0.3 is 0 Å². The topological polar surface area (TPSA) is 67.8 Å². The Morgan fingerprint density at radius 2 is 2.19 bits per heavy atom. The van der Waals surface area contributed by atoms with Crippen LogP contribution >= 0.6 is 11.8 Å². The Hall–Kier alpha value is -1.89. The van der Waals surface area contributed by atoms with E-state index in [9.17, 15) is 14.0 Å². The van der Waals surface area contributed by atoms with Crippen LogP contribution in [0.4, 0.5) is 4.39 Å². The molecule has 1 aromatic heterocycles. The summed E-state index contributed by atoms with van der Waals surface area (Å²) < 4.78 is 15.2. The van der Waals surface area contributed by atoms with Gasteiger partial charge in [-0.05, 0) is 56.1 Å². The number of Topliss-reactive ketones (excluding diaryl/α,β-unsaturated/α-hetero) is 1. The molecule has 1 aromatic carbocycles. The minimum Gasteiger partial charge on any atom is -0.294 e. The number of nitrogens with zero attached hydrogens (tertiary/aromatic N) is 2. The zero-order valence-corrected chi connectivity index (χ0v) is 12.5. The quantitative estimate of drug-likeness (QED) is 0.882. The van der Waals surface area contributed by atoms with E-state index in [1.54, 1.807) is 17.6 Å². The van der Waals surface area contributed by atoms with Gasteiger partial charge in [-0.1, -0.05) is 0 Å². The maximum Gasteiger partial charge on any atom is 0.344 e. The molecule has 21 heavy (non-hydrogen) atoms. The van der Waals surface area contributed by atoms with Gasteiger partial charge in [0.15, 0.2) is 10.9 Å². The molecule has 1 N–H and O–H groups in total. The molecule has 1 aliphatic rings. The number of benzene rings is 1. The zero-order valence-electron chi connectivity index (χ0n) is 11.6. The number of hydrogen-bond acceptors (Lipinski definition) is 4. The number of hydrogen-bond donors (Lipinski definition) is 1. The first kappa shape index (κ1) is 14.1. The van der Waals surface area contributed by atoms with Gasteiger partial charge in [-0.15, -0.1) is 5.10 Å². The van der Waals surface area contributed by atoms with Crippen LogP contribution in [-0.4, -0.2) is 20.5 Å². The fourth-order valence-corrected chi connectivity index (χ4v) is 3.30. The molecule has 3 rings (SSSR count). The minimum absolute atomic E-state index is 0.182. The average molecular weight is 307 g/mol. The third-order valence-corrected chi connectivity index (χ3v) is 4.45. The molecular formula is C14H14FN3O2S. The molecule has 1 aliphatic carbocycles. The van der Waals surface area contributed by atoms with Gasteiger partial charge in [-0.25, -0.2) is 14.3 Å². The van der Waals surface area contributed by atoms with Crippen LogP contribution in [0.3, 0.4) is 0 Å². The van der Waals surface area contributed by atoms with E-state index in [1.807, 2.05) is 0 Å². The minimum atomic E-state index is -0.411. The summed E-state index contributed by atoms with van der Waals surface area (Å²) in [5.41, 5.74) is 0.516. The van der Waals surface area contributed by atoms with Crippen molar-refractivity contribution >= 4 is 17.5 Å². The summed E-state index contributed by atoms with van der Waals surface area (Å²) in [7, 11) is 0. The predicted molar refractivity (Wildman–Crippen MR) is 76.4 cm³/mol. The average Bonchev–Trinajstić information content (AvgIpc) is 3.18. The Bertz CT molecular complexity index is 777. The van der Waals surface area contributed by atoms with Crippen LogP contribution in [0.15, 0.2) is 27.0 Å². The van der Waals surface area contributed by atoms with Crippen molar-refractivity contribution in [2.75, 3.05) is 0 Å². The first-order valence-electron chi connectivity index (χ1n) is 6.63. The predicted octanol–water partition coefficient (Wildman–Crippen LogP) is 2.71. The second kappa shape index (κ2) is 5.14. The number of H-pyrrole nitrogens is 1. The first-order valence-corrected chi connectivity index (χ1v) is 7.45. The summed E-state index contributed by atoms with van der Waals surface area (Å²) in [5, 5.41) is 6.95. The molecule has 0 spiro atoms. The standard InChI is InChI=1S/C14H14FN3O2S/c1-7-5-12(10(8(2)19)6-11(7)15)21-14-17-16-13(20)18(14)9-3-4-9/h5-6,9H,3-4H2,1-2H3,(H,16,20). The summed E-state index contributed by atoms with van der Waals surface area (Å²) in [5.74, 6) is -0.626. The number of aryl methyl sites for hydroxylation is 1. The lowest BCUT2D eigenvalue weighted by molar-refractivity contribution is 0.101. The van der Waals surface area contributed by atoms with Gasteiger partial charge in [0, 0.05) is 16.5 Å². The highest BCUT2D eigenvalue weighted by molar-refractivity contribution is 7.99. The smallest absolute Gasteiger partial charge is 0.294 e. The second-order valence-electron chi connectivity index (χ2n) is 5.17. The molecule has 0 saturated heterocycles. The van der Waals surface area contributed by atoms with Crippen molar-refractivity contribution in [3.8, 4) is 0 Å². The number of carbonyl (C=O) groups is 1. The van der Waals surface area contributed by atoms with Crippen LogP contribution in [0.25, 0.3) is 0 Å². The molecule has 1 saturated carbocycles. The lowest BCUT2D eigenvalue weighted by Crippen LogP contribution is -2.16. The number of carbonyl (C=O) groups excluding carboxylic acids is 1. The highest BCUT2D eigenvalue weighted by atomic mass is 32.2. The van der Waals surface area contributed by atoms with E-state index in [4.69, 9.17) is 0 Å². The van der Waals surface area contributed by atoms with E-state index < -0.39 is 5.82 Å². The number of aromatic nitrogens is 3. The molecule has 0 amide bonds. The Kier molecular flexibility index (Phi) is 3.44. The van der Waals surface area contributed by atoms with Gasteiger partial charge in [-0.3, -0.25) is 9.36 Å². The molecule has 0 unspecified atom stereocenters. The number of nitrogens with one attached hydrogen (secondary N) is 1. The van der Waals surface area contributed by atoms with E-state index in [-0.39, 0.29) is 17.5 Å². The van der Waals surface area contributed by atoms with E-state index >= 15 is 0 Å². The van der Waals surface area contributed by atoms with Gasteiger partial charge in [-0.2, -0.15) is 0 Å². The molecule has 1 fully saturated rings. The van der Waals surface area contributed by atoms with Crippen molar-refractivity contribution in [2.45, 2.75) is 42.8 Å². The lowest BCUT2D eigenvalue weighted by atomic mass is 10.1. The van der Waals surface area contributed by atoms with Crippen molar-refractivity contribution in [2.24, 2.45) is 0 Å². The summed E-state index contributed by atoms with van der Waals surface area (Å²) in [6, 6.07) is 3.04. The maximum absolute atomic E-state index is 13.6. The highest BCUT2D eigenvalue weighted by Gasteiger charge is 2.29. The largest absolute Gasteiger partial charge is 0.344 e. The van der Waals surface area contributed by atoms with Gasteiger partial charge in [0.05, 0.1) is 0 Å². The van der Waals surface area contributed by atoms with Gasteiger partial charge in [0.25, 0.3) is 0 Å². The third kappa shape index (κ3) is 2.65. The monoisotopic (exact) mass is 307 g/mol. The van der Waals surface area contributed by atoms with Crippen LogP contribution < -0.4 is 5.69 Å². The molecule has 110 valence electrons. The van der Waals surface area contributed by atoms with Crippen molar-refractivity contribution in [1.82, 2.24) is 14.8 Å². The highest BCUT2D eigenvalue weighted by Crippen LogP contribution is 2.38. The van der Waals surface area contributed by atoms with Crippen molar-refractivity contribution in [3.05, 3.63) is 39.6 Å². The van der Waals surface area contributed by atoms with E-state index in [0.717, 1.165) is 12.8 Å². The van der Waals surface area contributed by atoms with E-state index in [2.05, 4.69) is 10.2 Å². The van der Waals surface area contributed by atoms with Crippen LogP contribution in [0.1, 0.15) is 41.7 Å². The normalized spacial score (nSPS) is 14.4. The Morgan fingerprint density at radius 3 is 2.81 bits per heavy atom. The van der Waals surface area contributed by atoms with Crippen LogP contribution in [0.5, 0.6) is 0 Å². The van der Waals surface area contributed by atoms with Crippen LogP contribution in [0.2, 0.25) is 0 Å². The van der Waals surface area contributed by atoms with Crippen LogP contribution in [0, 0.1) is 12.7 Å². The Morgan fingerprint density at radius 1 is 1.48 bits per heavy atom. The number of aromatic amines is 1. The summed E-state index contributed by atoms with van der Waals surface area (Å²) in [4.78, 5) is 24.0. The fraction of sp³-hybridized carbons (Fsp3) is 0.357. The first-order chi connectivity index (χ1) is 9.97. The van der Waals surface area contributed by atoms with Crippen molar-refractivity contribution < 1.29 is 9.18 Å². The molecule has 7 heteroatoms. The molecule has 0 radical (unpaired) electrons. The zero-order chi connectivity index (χ0) is 15.1. The Labute approximate surface area is 124 Å². The molecule has 5 nitrogen and oxygen atoms in total. The van der Waals surface area contributed by atoms with E-state index in [1.165, 1.54) is 24.8 Å². The summed E-state index contributed by atoms with van der Waals surface area (Å²) in [6.07, 6.45) is 1.91. The van der Waals surface area contributed by atoms with Gasteiger partial charge >= 0.3 is 5.69 Å². The third-order valence-electron chi connectivity index (χ3n) is 3.43. The van der Waals surface area contributed by atoms with Crippen molar-refractivity contribution in [3.63, 3.8) is 0 Å². The molecule has 0 bridgehead atoms. The van der Waals surface area contributed by atoms with Gasteiger partial charge in [0.1, 0.15) is 5.82 Å². The fourth-order valence-electron chi connectivity index (χ4n) is 2.13. The molecule has 2 aromatic rings. The molecule has 0 atom stereocenters. The molecule has 0 aliphatic heterocycles. The number of halogens is 1. The SMILES string of the molecule is CC(=O)c1cc(F)c(C)cc1Sc1n[nH]c(=O)n1C1CC1. The lowest BCUT2D eigenvalue weighted by Gasteiger charge is -2.09. The maximum atomic E-state index is 13.6. The van der Waals surface area contributed by atoms with Gasteiger partial charge in [0.2, 0.25) is 0 Å². The van der Waals surface area contributed by atoms with Crippen LogP contribution in [-0.2, 0) is 0 Å². The van der Waals surface area contributed by atoms with E-state index in [0.29, 0.717) is 21.2 Å². The Balaban J connectivity index is 2.04.